The summed E-state index contributed by atoms with van der Waals surface area (Å²) in [7, 11) is 3.04. The van der Waals surface area contributed by atoms with E-state index < -0.39 is 4.92 Å². The summed E-state index contributed by atoms with van der Waals surface area (Å²) in [5, 5.41) is 14.9. The van der Waals surface area contributed by atoms with Crippen molar-refractivity contribution < 1.29 is 14.4 Å². The van der Waals surface area contributed by atoms with E-state index in [2.05, 4.69) is 31.4 Å². The molecule has 0 radical (unpaired) electrons. The quantitative estimate of drug-likeness (QED) is 0.469. The van der Waals surface area contributed by atoms with Crippen molar-refractivity contribution in [3.63, 3.8) is 0 Å². The van der Waals surface area contributed by atoms with Crippen LogP contribution < -0.4 is 14.9 Å². The van der Waals surface area contributed by atoms with E-state index in [4.69, 9.17) is 9.47 Å². The number of hydrogen-bond donors (Lipinski definition) is 1. The molecular formula is C14H13BrN4O4. The van der Waals surface area contributed by atoms with Crippen LogP contribution >= 0.6 is 15.9 Å². The first kappa shape index (κ1) is 16.7. The van der Waals surface area contributed by atoms with E-state index in [0.29, 0.717) is 17.1 Å². The highest BCUT2D eigenvalue weighted by atomic mass is 79.9. The predicted octanol–water partition coefficient (Wildman–Crippen LogP) is 3.22. The Kier molecular flexibility index (Phi) is 5.47. The first-order chi connectivity index (χ1) is 11.1. The fourth-order valence-electron chi connectivity index (χ4n) is 1.85. The van der Waals surface area contributed by atoms with E-state index in [1.54, 1.807) is 12.1 Å². The van der Waals surface area contributed by atoms with Gasteiger partial charge in [-0.3, -0.25) is 15.5 Å². The van der Waals surface area contributed by atoms with Crippen LogP contribution in [0.2, 0.25) is 0 Å². The number of hydrogen-bond acceptors (Lipinski definition) is 7. The number of nitro groups is 1. The normalized spacial score (nSPS) is 10.6. The molecule has 1 N–H and O–H groups in total. The fraction of sp³-hybridized carbons (Fsp3) is 0.143. The van der Waals surface area contributed by atoms with Crippen LogP contribution in [0.4, 0.5) is 11.5 Å². The standard InChI is InChI=1S/C14H13BrN4O4/c1-22-12-7-10(15)6-9(13(12)23-2)8-17-18-14-11(19(20)21)4-3-5-16-14/h3-8H,1-2H3,(H,16,18)/b17-8-. The van der Waals surface area contributed by atoms with E-state index in [0.717, 1.165) is 4.47 Å². The molecule has 0 unspecified atom stereocenters. The number of hydrazone groups is 1. The van der Waals surface area contributed by atoms with Gasteiger partial charge in [0.25, 0.3) is 0 Å². The van der Waals surface area contributed by atoms with Gasteiger partial charge in [0.15, 0.2) is 11.5 Å². The molecule has 0 amide bonds. The summed E-state index contributed by atoms with van der Waals surface area (Å²) in [6.07, 6.45) is 2.90. The van der Waals surface area contributed by atoms with E-state index in [9.17, 15) is 10.1 Å². The van der Waals surface area contributed by atoms with Gasteiger partial charge in [0.1, 0.15) is 0 Å². The third-order valence-electron chi connectivity index (χ3n) is 2.83. The van der Waals surface area contributed by atoms with Crippen molar-refractivity contribution >= 4 is 33.6 Å². The van der Waals surface area contributed by atoms with Gasteiger partial charge in [-0.15, -0.1) is 0 Å². The number of pyridine rings is 1. The number of halogens is 1. The van der Waals surface area contributed by atoms with Crippen LogP contribution in [0.5, 0.6) is 11.5 Å². The van der Waals surface area contributed by atoms with Gasteiger partial charge in [0.2, 0.25) is 5.82 Å². The zero-order chi connectivity index (χ0) is 16.8. The van der Waals surface area contributed by atoms with Crippen molar-refractivity contribution in [3.05, 3.63) is 50.6 Å². The SMILES string of the molecule is COc1cc(Br)cc(/C=N\Nc2ncccc2[N+](=O)[O-])c1OC. The molecule has 23 heavy (non-hydrogen) atoms. The zero-order valence-corrected chi connectivity index (χ0v) is 13.9. The minimum Gasteiger partial charge on any atom is -0.493 e. The lowest BCUT2D eigenvalue weighted by molar-refractivity contribution is -0.384. The third kappa shape index (κ3) is 3.95. The Balaban J connectivity index is 2.28. The first-order valence-corrected chi connectivity index (χ1v) is 7.16. The molecule has 2 aromatic rings. The van der Waals surface area contributed by atoms with Crippen LogP contribution in [0.1, 0.15) is 5.56 Å². The van der Waals surface area contributed by atoms with Gasteiger partial charge in [-0.05, 0) is 18.2 Å². The second-order valence-corrected chi connectivity index (χ2v) is 5.14. The van der Waals surface area contributed by atoms with E-state index in [1.807, 2.05) is 0 Å². The Morgan fingerprint density at radius 2 is 2.17 bits per heavy atom. The molecule has 0 spiro atoms. The van der Waals surface area contributed by atoms with Gasteiger partial charge in [0, 0.05) is 22.3 Å². The zero-order valence-electron chi connectivity index (χ0n) is 12.3. The lowest BCUT2D eigenvalue weighted by atomic mass is 10.2. The van der Waals surface area contributed by atoms with Crippen molar-refractivity contribution in [2.75, 3.05) is 19.6 Å². The predicted molar refractivity (Wildman–Crippen MR) is 89.4 cm³/mol. The molecule has 0 fully saturated rings. The van der Waals surface area contributed by atoms with Gasteiger partial charge in [-0.1, -0.05) is 15.9 Å². The number of rotatable bonds is 6. The number of aromatic nitrogens is 1. The molecule has 1 aromatic carbocycles. The van der Waals surface area contributed by atoms with E-state index in [-0.39, 0.29) is 11.5 Å². The Hall–Kier alpha value is -2.68. The van der Waals surface area contributed by atoms with Crippen molar-refractivity contribution in [3.8, 4) is 11.5 Å². The number of anilines is 1. The summed E-state index contributed by atoms with van der Waals surface area (Å²) in [4.78, 5) is 14.3. The Labute approximate surface area is 140 Å². The molecular weight excluding hydrogens is 368 g/mol. The summed E-state index contributed by atoms with van der Waals surface area (Å²) < 4.78 is 11.3. The first-order valence-electron chi connectivity index (χ1n) is 6.36. The molecule has 0 saturated heterocycles. The lowest BCUT2D eigenvalue weighted by Crippen LogP contribution is -2.00. The highest BCUT2D eigenvalue weighted by Gasteiger charge is 2.13. The average Bonchev–Trinajstić information content (AvgIpc) is 2.54. The van der Waals surface area contributed by atoms with Crippen molar-refractivity contribution in [2.45, 2.75) is 0 Å². The van der Waals surface area contributed by atoms with Crippen LogP contribution in [0.3, 0.4) is 0 Å². The van der Waals surface area contributed by atoms with Crippen molar-refractivity contribution in [2.24, 2.45) is 5.10 Å². The molecule has 0 saturated carbocycles. The molecule has 0 atom stereocenters. The van der Waals surface area contributed by atoms with E-state index >= 15 is 0 Å². The number of nitrogens with one attached hydrogen (secondary N) is 1. The number of nitrogens with zero attached hydrogens (tertiary/aromatic N) is 3. The summed E-state index contributed by atoms with van der Waals surface area (Å²) in [5.41, 5.74) is 3.02. The molecule has 0 aliphatic rings. The topological polar surface area (TPSA) is 98.9 Å². The largest absolute Gasteiger partial charge is 0.493 e. The van der Waals surface area contributed by atoms with Gasteiger partial charge in [-0.25, -0.2) is 4.98 Å². The lowest BCUT2D eigenvalue weighted by Gasteiger charge is -2.10. The summed E-state index contributed by atoms with van der Waals surface area (Å²) in [5.74, 6) is 1.08. The number of benzene rings is 1. The smallest absolute Gasteiger partial charge is 0.313 e. The molecule has 120 valence electrons. The highest BCUT2D eigenvalue weighted by molar-refractivity contribution is 9.10. The minimum absolute atomic E-state index is 0.0506. The van der Waals surface area contributed by atoms with Crippen LogP contribution in [0, 0.1) is 10.1 Å². The fourth-order valence-corrected chi connectivity index (χ4v) is 2.30. The Bertz CT molecular complexity index is 752. The van der Waals surface area contributed by atoms with Gasteiger partial charge in [-0.2, -0.15) is 5.10 Å². The average molecular weight is 381 g/mol. The highest BCUT2D eigenvalue weighted by Crippen LogP contribution is 2.33. The maximum atomic E-state index is 10.9. The second kappa shape index (κ2) is 7.54. The molecule has 0 aliphatic heterocycles. The third-order valence-corrected chi connectivity index (χ3v) is 3.29. The van der Waals surface area contributed by atoms with Crippen molar-refractivity contribution in [1.29, 1.82) is 0 Å². The van der Waals surface area contributed by atoms with Gasteiger partial charge >= 0.3 is 5.69 Å². The number of ether oxygens (including phenoxy) is 2. The molecule has 0 aliphatic carbocycles. The molecule has 8 nitrogen and oxygen atoms in total. The maximum absolute atomic E-state index is 10.9. The minimum atomic E-state index is -0.534. The Morgan fingerprint density at radius 1 is 1.39 bits per heavy atom. The second-order valence-electron chi connectivity index (χ2n) is 4.23. The molecule has 1 heterocycles. The summed E-state index contributed by atoms with van der Waals surface area (Å²) >= 11 is 3.37. The molecule has 2 rings (SSSR count). The molecule has 1 aromatic heterocycles. The van der Waals surface area contributed by atoms with Crippen LogP contribution in [-0.2, 0) is 0 Å². The van der Waals surface area contributed by atoms with Crippen LogP contribution in [0.15, 0.2) is 40.0 Å². The van der Waals surface area contributed by atoms with Crippen LogP contribution in [-0.4, -0.2) is 30.3 Å². The van der Waals surface area contributed by atoms with Gasteiger partial charge in [0.05, 0.1) is 25.4 Å². The molecule has 9 heteroatoms. The molecule has 0 bridgehead atoms. The van der Waals surface area contributed by atoms with E-state index in [1.165, 1.54) is 38.8 Å². The monoisotopic (exact) mass is 380 g/mol. The number of methoxy groups -OCH3 is 2. The summed E-state index contributed by atoms with van der Waals surface area (Å²) in [6, 6.07) is 6.36. The maximum Gasteiger partial charge on any atom is 0.313 e. The van der Waals surface area contributed by atoms with Crippen LogP contribution in [0.25, 0.3) is 0 Å². The Morgan fingerprint density at radius 3 is 2.83 bits per heavy atom. The van der Waals surface area contributed by atoms with Crippen molar-refractivity contribution in [1.82, 2.24) is 4.98 Å². The van der Waals surface area contributed by atoms with Gasteiger partial charge < -0.3 is 9.47 Å². The summed E-state index contributed by atoms with van der Waals surface area (Å²) in [6.45, 7) is 0.